The third-order valence-electron chi connectivity index (χ3n) is 5.00. The van der Waals surface area contributed by atoms with Crippen LogP contribution in [0, 0.1) is 5.92 Å². The molecular weight excluding hydrogens is 264 g/mol. The molecule has 2 heterocycles. The number of nitrogens with one attached hydrogen (secondary N) is 1. The van der Waals surface area contributed by atoms with Crippen LogP contribution in [0.2, 0.25) is 0 Å². The molecular formula is C16H32N4O. The van der Waals surface area contributed by atoms with Crippen LogP contribution in [-0.2, 0) is 4.79 Å². The van der Waals surface area contributed by atoms with Crippen molar-refractivity contribution in [3.63, 3.8) is 0 Å². The Morgan fingerprint density at radius 3 is 2.14 bits per heavy atom. The summed E-state index contributed by atoms with van der Waals surface area (Å²) in [6, 6.07) is 0. The summed E-state index contributed by atoms with van der Waals surface area (Å²) in [4.78, 5) is 19.0. The third kappa shape index (κ3) is 5.93. The van der Waals surface area contributed by atoms with Crippen LogP contribution in [0.1, 0.15) is 25.7 Å². The van der Waals surface area contributed by atoms with Crippen LogP contribution in [0.4, 0.5) is 0 Å². The van der Waals surface area contributed by atoms with Crippen molar-refractivity contribution in [3.8, 4) is 0 Å². The monoisotopic (exact) mass is 296 g/mol. The van der Waals surface area contributed by atoms with Crippen LogP contribution in [0.25, 0.3) is 0 Å². The number of likely N-dealkylation sites (N-methyl/N-ethyl adjacent to an activating group) is 1. The van der Waals surface area contributed by atoms with Gasteiger partial charge in [-0.3, -0.25) is 4.79 Å². The van der Waals surface area contributed by atoms with Crippen molar-refractivity contribution in [2.75, 3.05) is 66.5 Å². The number of carbonyl (C=O) groups is 1. The molecule has 0 aromatic heterocycles. The zero-order chi connectivity index (χ0) is 15.1. The number of hydrogen-bond donors (Lipinski definition) is 1. The SMILES string of the molecule is CNC(=O)CC1CCN(CCCN2CCN(C)CC2)CC1. The fourth-order valence-corrected chi connectivity index (χ4v) is 3.37. The second-order valence-corrected chi connectivity index (χ2v) is 6.66. The standard InChI is InChI=1S/C16H32N4O/c1-17-16(21)14-15-4-8-19(9-5-15)6-3-7-20-12-10-18(2)11-13-20/h15H,3-14H2,1-2H3,(H,17,21). The molecule has 0 unspecified atom stereocenters. The normalized spacial score (nSPS) is 23.3. The predicted molar refractivity (Wildman–Crippen MR) is 86.4 cm³/mol. The molecule has 2 saturated heterocycles. The highest BCUT2D eigenvalue weighted by molar-refractivity contribution is 5.75. The first-order valence-corrected chi connectivity index (χ1v) is 8.51. The summed E-state index contributed by atoms with van der Waals surface area (Å²) in [5.41, 5.74) is 0. The molecule has 1 amide bonds. The predicted octanol–water partition coefficient (Wildman–Crippen LogP) is 0.472. The van der Waals surface area contributed by atoms with Gasteiger partial charge in [0.1, 0.15) is 0 Å². The molecule has 5 heteroatoms. The molecule has 2 rings (SSSR count). The molecule has 0 aliphatic carbocycles. The lowest BCUT2D eigenvalue weighted by Gasteiger charge is -2.34. The number of hydrogen-bond acceptors (Lipinski definition) is 4. The van der Waals surface area contributed by atoms with Crippen LogP contribution in [0.3, 0.4) is 0 Å². The van der Waals surface area contributed by atoms with Gasteiger partial charge in [-0.2, -0.15) is 0 Å². The second kappa shape index (κ2) is 8.71. The summed E-state index contributed by atoms with van der Waals surface area (Å²) in [6.07, 6.45) is 4.36. The number of piperazine rings is 1. The van der Waals surface area contributed by atoms with Gasteiger partial charge in [0.25, 0.3) is 0 Å². The summed E-state index contributed by atoms with van der Waals surface area (Å²) < 4.78 is 0. The van der Waals surface area contributed by atoms with Crippen molar-refractivity contribution in [1.29, 1.82) is 0 Å². The average Bonchev–Trinajstić information content (AvgIpc) is 2.51. The maximum Gasteiger partial charge on any atom is 0.220 e. The minimum Gasteiger partial charge on any atom is -0.359 e. The van der Waals surface area contributed by atoms with E-state index >= 15 is 0 Å². The minimum atomic E-state index is 0.198. The first kappa shape index (κ1) is 16.7. The smallest absolute Gasteiger partial charge is 0.220 e. The quantitative estimate of drug-likeness (QED) is 0.773. The van der Waals surface area contributed by atoms with Gasteiger partial charge in [0.15, 0.2) is 0 Å². The lowest BCUT2D eigenvalue weighted by molar-refractivity contribution is -0.121. The first-order valence-electron chi connectivity index (χ1n) is 8.51. The van der Waals surface area contributed by atoms with E-state index in [0.717, 1.165) is 0 Å². The molecule has 0 atom stereocenters. The number of piperidine rings is 1. The van der Waals surface area contributed by atoms with Gasteiger partial charge in [-0.1, -0.05) is 0 Å². The zero-order valence-corrected chi connectivity index (χ0v) is 13.8. The van der Waals surface area contributed by atoms with E-state index in [-0.39, 0.29) is 5.91 Å². The number of nitrogens with zero attached hydrogens (tertiary/aromatic N) is 3. The van der Waals surface area contributed by atoms with Crippen molar-refractivity contribution in [2.45, 2.75) is 25.7 Å². The Kier molecular flexibility index (Phi) is 6.93. The molecule has 0 bridgehead atoms. The van der Waals surface area contributed by atoms with Gasteiger partial charge in [0.05, 0.1) is 0 Å². The van der Waals surface area contributed by atoms with E-state index in [1.165, 1.54) is 71.6 Å². The highest BCUT2D eigenvalue weighted by Gasteiger charge is 2.21. The molecule has 5 nitrogen and oxygen atoms in total. The Morgan fingerprint density at radius 2 is 1.57 bits per heavy atom. The summed E-state index contributed by atoms with van der Waals surface area (Å²) in [7, 11) is 3.94. The van der Waals surface area contributed by atoms with E-state index in [4.69, 9.17) is 0 Å². The van der Waals surface area contributed by atoms with Crippen LogP contribution < -0.4 is 5.32 Å². The van der Waals surface area contributed by atoms with Gasteiger partial charge in [0, 0.05) is 39.6 Å². The Bertz CT molecular complexity index is 307. The average molecular weight is 296 g/mol. The van der Waals surface area contributed by atoms with Gasteiger partial charge >= 0.3 is 0 Å². The van der Waals surface area contributed by atoms with Crippen LogP contribution >= 0.6 is 0 Å². The maximum atomic E-state index is 11.4. The van der Waals surface area contributed by atoms with Crippen molar-refractivity contribution in [2.24, 2.45) is 5.92 Å². The molecule has 2 aliphatic rings. The zero-order valence-electron chi connectivity index (χ0n) is 13.8. The lowest BCUT2D eigenvalue weighted by Crippen LogP contribution is -2.45. The van der Waals surface area contributed by atoms with Crippen molar-refractivity contribution in [3.05, 3.63) is 0 Å². The number of carbonyl (C=O) groups excluding carboxylic acids is 1. The molecule has 0 radical (unpaired) electrons. The van der Waals surface area contributed by atoms with E-state index in [0.29, 0.717) is 12.3 Å². The Labute approximate surface area is 129 Å². The molecule has 2 aliphatic heterocycles. The molecule has 0 aromatic carbocycles. The molecule has 122 valence electrons. The van der Waals surface area contributed by atoms with Crippen LogP contribution in [0.5, 0.6) is 0 Å². The maximum absolute atomic E-state index is 11.4. The summed E-state index contributed by atoms with van der Waals surface area (Å²) in [6.45, 7) is 9.69. The third-order valence-corrected chi connectivity index (χ3v) is 5.00. The van der Waals surface area contributed by atoms with E-state index in [2.05, 4.69) is 27.1 Å². The molecule has 0 spiro atoms. The van der Waals surface area contributed by atoms with Crippen molar-refractivity contribution >= 4 is 5.91 Å². The van der Waals surface area contributed by atoms with E-state index in [1.54, 1.807) is 7.05 Å². The lowest BCUT2D eigenvalue weighted by atomic mass is 9.93. The van der Waals surface area contributed by atoms with E-state index < -0.39 is 0 Å². The fourth-order valence-electron chi connectivity index (χ4n) is 3.37. The molecule has 1 N–H and O–H groups in total. The summed E-state index contributed by atoms with van der Waals surface area (Å²) in [5.74, 6) is 0.794. The topological polar surface area (TPSA) is 38.8 Å². The summed E-state index contributed by atoms with van der Waals surface area (Å²) >= 11 is 0. The summed E-state index contributed by atoms with van der Waals surface area (Å²) in [5, 5.41) is 2.74. The second-order valence-electron chi connectivity index (χ2n) is 6.66. The molecule has 0 saturated carbocycles. The Hall–Kier alpha value is -0.650. The Balaban J connectivity index is 1.54. The molecule has 21 heavy (non-hydrogen) atoms. The minimum absolute atomic E-state index is 0.198. The van der Waals surface area contributed by atoms with Gasteiger partial charge in [0.2, 0.25) is 5.91 Å². The van der Waals surface area contributed by atoms with E-state index in [1.807, 2.05) is 0 Å². The number of likely N-dealkylation sites (tertiary alicyclic amines) is 1. The van der Waals surface area contributed by atoms with E-state index in [9.17, 15) is 4.79 Å². The van der Waals surface area contributed by atoms with Crippen LogP contribution in [0.15, 0.2) is 0 Å². The van der Waals surface area contributed by atoms with Gasteiger partial charge in [-0.25, -0.2) is 0 Å². The Morgan fingerprint density at radius 1 is 1.00 bits per heavy atom. The van der Waals surface area contributed by atoms with Crippen molar-refractivity contribution < 1.29 is 4.79 Å². The van der Waals surface area contributed by atoms with Crippen molar-refractivity contribution in [1.82, 2.24) is 20.0 Å². The largest absolute Gasteiger partial charge is 0.359 e. The van der Waals surface area contributed by atoms with Gasteiger partial charge in [-0.05, 0) is 58.4 Å². The van der Waals surface area contributed by atoms with Gasteiger partial charge in [-0.15, -0.1) is 0 Å². The fraction of sp³-hybridized carbons (Fsp3) is 0.938. The number of amides is 1. The molecule has 2 fully saturated rings. The highest BCUT2D eigenvalue weighted by Crippen LogP contribution is 2.20. The first-order chi connectivity index (χ1) is 10.2. The van der Waals surface area contributed by atoms with Crippen LogP contribution in [-0.4, -0.2) is 87.1 Å². The van der Waals surface area contributed by atoms with Gasteiger partial charge < -0.3 is 20.0 Å². The number of rotatable bonds is 6. The highest BCUT2D eigenvalue weighted by atomic mass is 16.1. The molecule has 0 aromatic rings.